The van der Waals surface area contributed by atoms with E-state index in [-0.39, 0.29) is 21.7 Å². The summed E-state index contributed by atoms with van der Waals surface area (Å²) >= 11 is 15.3. The second-order valence-corrected chi connectivity index (χ2v) is 13.8. The molecule has 0 bridgehead atoms. The maximum atomic E-state index is 7.66. The van der Waals surface area contributed by atoms with Crippen molar-refractivity contribution in [2.45, 2.75) is 64.4 Å². The Morgan fingerprint density at radius 1 is 0.567 bits per heavy atom. The van der Waals surface area contributed by atoms with Gasteiger partial charge in [0.1, 0.15) is 0 Å². The van der Waals surface area contributed by atoms with Gasteiger partial charge in [0.05, 0.1) is 18.5 Å². The van der Waals surface area contributed by atoms with Crippen LogP contribution in [0.25, 0.3) is 11.1 Å². The van der Waals surface area contributed by atoms with Crippen LogP contribution in [0.5, 0.6) is 0 Å². The largest absolute Gasteiger partial charge is 0.114 e. The van der Waals surface area contributed by atoms with Crippen molar-refractivity contribution < 1.29 is 21.7 Å². The van der Waals surface area contributed by atoms with Crippen LogP contribution < -0.4 is 0 Å². The maximum absolute atomic E-state index is 7.66. The molecule has 0 nitrogen and oxygen atoms in total. The fourth-order valence-corrected chi connectivity index (χ4v) is 10.9. The zero-order chi connectivity index (χ0) is 21.5. The second kappa shape index (κ2) is 7.78. The first-order valence-corrected chi connectivity index (χ1v) is 12.6. The molecule has 0 saturated heterocycles. The maximum Gasteiger partial charge on any atom is 0.0923 e. The molecule has 0 aliphatic heterocycles. The van der Waals surface area contributed by atoms with Gasteiger partial charge in [0.25, 0.3) is 0 Å². The van der Waals surface area contributed by atoms with E-state index in [1.807, 2.05) is 0 Å². The topological polar surface area (TPSA) is 0 Å². The van der Waals surface area contributed by atoms with Crippen LogP contribution in [0.1, 0.15) is 72.2 Å². The van der Waals surface area contributed by atoms with E-state index in [9.17, 15) is 0 Å². The number of aryl methyl sites for hydroxylation is 4. The molecule has 2 aliphatic carbocycles. The minimum atomic E-state index is -1.06. The zero-order valence-electron chi connectivity index (χ0n) is 19.3. The Hall–Kier alpha value is -0.569. The molecule has 0 spiro atoms. The summed E-state index contributed by atoms with van der Waals surface area (Å²) in [6.07, 6.45) is 0. The first-order valence-electron chi connectivity index (χ1n) is 10.4. The van der Waals surface area contributed by atoms with Gasteiger partial charge in [-0.15, -0.1) is 23.2 Å². The van der Waals surface area contributed by atoms with E-state index in [1.165, 1.54) is 66.8 Å². The number of halogens is 2. The third-order valence-electron chi connectivity index (χ3n) is 7.59. The monoisotopic (exact) mass is 488 g/mol. The van der Waals surface area contributed by atoms with Gasteiger partial charge in [0.2, 0.25) is 0 Å². The van der Waals surface area contributed by atoms with Crippen molar-refractivity contribution in [1.82, 2.24) is 0 Å². The van der Waals surface area contributed by atoms with Gasteiger partial charge in [-0.05, 0) is 122 Å². The molecular weight excluding hydrogens is 459 g/mol. The Kier molecular flexibility index (Phi) is 6.25. The van der Waals surface area contributed by atoms with Crippen LogP contribution in [0.3, 0.4) is 0 Å². The van der Waals surface area contributed by atoms with E-state index >= 15 is 0 Å². The van der Waals surface area contributed by atoms with Crippen molar-refractivity contribution in [3.05, 3.63) is 79.9 Å². The van der Waals surface area contributed by atoms with Crippen LogP contribution in [-0.2, 0) is 30.7 Å². The molecule has 2 aromatic rings. The smallest absolute Gasteiger partial charge is 0.0923 e. The van der Waals surface area contributed by atoms with Gasteiger partial charge in [-0.2, -0.15) is 0 Å². The zero-order valence-corrected chi connectivity index (χ0v) is 23.8. The third-order valence-corrected chi connectivity index (χ3v) is 12.1. The number of allylic oxidation sites excluding steroid dienone is 4. The number of hydrogen-bond acceptors (Lipinski definition) is 0. The average molecular weight is 489 g/mol. The number of alkyl halides is 2. The van der Waals surface area contributed by atoms with Crippen molar-refractivity contribution in [1.29, 1.82) is 0 Å². The summed E-state index contributed by atoms with van der Waals surface area (Å²) < 4.78 is -0.923. The van der Waals surface area contributed by atoms with Gasteiger partial charge in [0.15, 0.2) is 0 Å². The Morgan fingerprint density at radius 3 is 1.20 bits per heavy atom. The van der Waals surface area contributed by atoms with Crippen molar-refractivity contribution in [3.8, 4) is 0 Å². The van der Waals surface area contributed by atoms with Crippen LogP contribution in [-0.4, -0.2) is 9.52 Å². The van der Waals surface area contributed by atoms with E-state index in [2.05, 4.69) is 79.7 Å². The number of fused-ring (bicyclic) bond motifs is 2. The fraction of sp³-hybridized carbons (Fsp3) is 0.385. The molecule has 30 heavy (non-hydrogen) atoms. The van der Waals surface area contributed by atoms with Crippen molar-refractivity contribution >= 4 is 43.9 Å². The van der Waals surface area contributed by atoms with Gasteiger partial charge >= 0.3 is 0 Å². The van der Waals surface area contributed by atoms with Gasteiger partial charge in [-0.3, -0.25) is 0 Å². The summed E-state index contributed by atoms with van der Waals surface area (Å²) in [6.45, 7) is 17.7. The summed E-state index contributed by atoms with van der Waals surface area (Å²) in [6, 6.07) is 8.88. The molecule has 2 aromatic carbocycles. The molecule has 0 heterocycles. The van der Waals surface area contributed by atoms with E-state index in [1.54, 1.807) is 0 Å². The summed E-state index contributed by atoms with van der Waals surface area (Å²) in [5, 5.41) is 0. The van der Waals surface area contributed by atoms with E-state index in [4.69, 9.17) is 23.2 Å². The molecule has 4 rings (SSSR count). The van der Waals surface area contributed by atoms with Gasteiger partial charge in [-0.25, -0.2) is 0 Å². The van der Waals surface area contributed by atoms with Gasteiger partial charge < -0.3 is 0 Å². The first kappa shape index (κ1) is 24.1. The van der Waals surface area contributed by atoms with Crippen LogP contribution in [0.2, 0.25) is 0 Å². The summed E-state index contributed by atoms with van der Waals surface area (Å²) in [7, 11) is -1.06. The summed E-state index contributed by atoms with van der Waals surface area (Å²) in [4.78, 5) is 0. The van der Waals surface area contributed by atoms with Crippen molar-refractivity contribution in [2.75, 3.05) is 0 Å². The molecular formula is C26H30Cl2SiTi. The van der Waals surface area contributed by atoms with E-state index in [0.29, 0.717) is 0 Å². The number of hydrogen-bond donors (Lipinski definition) is 0. The predicted molar refractivity (Wildman–Crippen MR) is 132 cm³/mol. The summed E-state index contributed by atoms with van der Waals surface area (Å²) in [5.41, 5.74) is 15.8. The van der Waals surface area contributed by atoms with E-state index < -0.39 is 18.5 Å². The molecule has 2 atom stereocenters. The van der Waals surface area contributed by atoms with E-state index in [0.717, 1.165) is 0 Å². The molecule has 0 aromatic heterocycles. The number of benzene rings is 2. The molecule has 0 saturated carbocycles. The normalized spacial score (nSPS) is 25.3. The van der Waals surface area contributed by atoms with Crippen LogP contribution in [0.15, 0.2) is 35.4 Å². The Morgan fingerprint density at radius 2 is 0.867 bits per heavy atom. The molecule has 0 radical (unpaired) electrons. The van der Waals surface area contributed by atoms with Crippen molar-refractivity contribution in [2.24, 2.45) is 0 Å². The SMILES string of the molecule is CC1=C(C)C(Cl)([SiH2]C2(Cl)C(C)=C(C)c3c(C)ccc(C)c32)c2c(C)ccc(C)c21.[Ti]. The standard InChI is InChI=1S/C26H30Cl2Si.Ti/c1-13-9-11-15(3)23-21(13)17(5)19(7)25(23,27)29-26(28)20(8)18(6)22-14(2)10-12-16(4)24(22)26;/h9-12H,29H2,1-8H3;. The minimum Gasteiger partial charge on any atom is -0.114 e. The second-order valence-electron chi connectivity index (χ2n) is 9.18. The Balaban J connectivity index is 0.00000256. The van der Waals surface area contributed by atoms with Crippen molar-refractivity contribution in [3.63, 3.8) is 0 Å². The molecule has 156 valence electrons. The minimum absolute atomic E-state index is 0. The molecule has 4 heteroatoms. The third kappa shape index (κ3) is 3.04. The van der Waals surface area contributed by atoms with Crippen LogP contribution in [0, 0.1) is 27.7 Å². The Labute approximate surface area is 208 Å². The molecule has 0 N–H and O–H groups in total. The fourth-order valence-electron chi connectivity index (χ4n) is 5.73. The number of rotatable bonds is 2. The molecule has 0 amide bonds. The van der Waals surface area contributed by atoms with Crippen LogP contribution in [0.4, 0.5) is 0 Å². The first-order chi connectivity index (χ1) is 13.4. The average Bonchev–Trinajstić information content (AvgIpc) is 2.98. The molecule has 2 unspecified atom stereocenters. The quantitative estimate of drug-likeness (QED) is 0.310. The molecule has 0 fully saturated rings. The van der Waals surface area contributed by atoms with Crippen LogP contribution >= 0.6 is 23.2 Å². The van der Waals surface area contributed by atoms with Gasteiger partial charge in [-0.1, -0.05) is 24.3 Å². The van der Waals surface area contributed by atoms with Gasteiger partial charge in [0, 0.05) is 21.7 Å². The predicted octanol–water partition coefficient (Wildman–Crippen LogP) is 7.18. The molecule has 2 aliphatic rings. The Bertz CT molecular complexity index is 1050. The summed E-state index contributed by atoms with van der Waals surface area (Å²) in [5.74, 6) is 0.